The lowest BCUT2D eigenvalue weighted by Crippen LogP contribution is -2.49. The van der Waals surface area contributed by atoms with Crippen molar-refractivity contribution in [2.45, 2.75) is 0 Å². The van der Waals surface area contributed by atoms with E-state index in [0.717, 1.165) is 0 Å². The number of hydrogen-bond acceptors (Lipinski definition) is 1. The Labute approximate surface area is 130 Å². The van der Waals surface area contributed by atoms with Crippen LogP contribution in [-0.2, 0) is 0 Å². The monoisotopic (exact) mass is 279 g/mol. The normalized spacial score (nSPS) is 14.7. The van der Waals surface area contributed by atoms with E-state index < -0.39 is 0 Å². The summed E-state index contributed by atoms with van der Waals surface area (Å²) >= 11 is 0. The van der Waals surface area contributed by atoms with Crippen molar-refractivity contribution >= 4 is 28.8 Å². The minimum atomic E-state index is 0.291. The first kappa shape index (κ1) is 11.9. The molecule has 0 amide bonds. The molecule has 3 aromatic rings. The van der Waals surface area contributed by atoms with Gasteiger partial charge in [0.25, 0.3) is 0 Å². The van der Waals surface area contributed by atoms with Gasteiger partial charge in [0.2, 0.25) is 0 Å². The van der Waals surface area contributed by atoms with Crippen molar-refractivity contribution in [1.29, 1.82) is 0 Å². The van der Waals surface area contributed by atoms with Gasteiger partial charge in [0.15, 0.2) is 0 Å². The van der Waals surface area contributed by atoms with Crippen LogP contribution in [0.3, 0.4) is 0 Å². The van der Waals surface area contributed by atoms with Crippen LogP contribution in [0.1, 0.15) is 0 Å². The Morgan fingerprint density at radius 3 is 2.41 bits per heavy atom. The highest BCUT2D eigenvalue weighted by molar-refractivity contribution is 6.84. The number of anilines is 1. The first-order valence-corrected chi connectivity index (χ1v) is 7.67. The van der Waals surface area contributed by atoms with Crippen LogP contribution in [0.2, 0.25) is 0 Å². The molecule has 0 aliphatic carbocycles. The zero-order chi connectivity index (χ0) is 14.5. The number of fused-ring (bicyclic) bond motifs is 7. The predicted octanol–water partition coefficient (Wildman–Crippen LogP) is 4.15. The molecule has 0 atom stereocenters. The lowest BCUT2D eigenvalue weighted by atomic mass is 9.49. The summed E-state index contributed by atoms with van der Waals surface area (Å²) in [5.41, 5.74) is 5.35. The van der Waals surface area contributed by atoms with Crippen LogP contribution in [0.5, 0.6) is 0 Å². The third-order valence-corrected chi connectivity index (χ3v) is 4.66. The summed E-state index contributed by atoms with van der Waals surface area (Å²) in [7, 11) is 0. The third-order valence-electron chi connectivity index (χ3n) is 4.66. The van der Waals surface area contributed by atoms with Gasteiger partial charge in [0.05, 0.1) is 0 Å². The summed E-state index contributed by atoms with van der Waals surface area (Å²) in [6.07, 6.45) is 6.44. The fourth-order valence-corrected chi connectivity index (χ4v) is 3.64. The van der Waals surface area contributed by atoms with Gasteiger partial charge in [-0.15, -0.1) is 0 Å². The highest BCUT2D eigenvalue weighted by Crippen LogP contribution is 2.37. The Hall–Kier alpha value is -2.74. The zero-order valence-corrected chi connectivity index (χ0v) is 12.1. The van der Waals surface area contributed by atoms with Gasteiger partial charge in [-0.3, -0.25) is 0 Å². The molecular formula is C20H14BN. The van der Waals surface area contributed by atoms with Crippen LogP contribution in [-0.4, -0.2) is 6.85 Å². The molecule has 2 aliphatic rings. The van der Waals surface area contributed by atoms with Crippen molar-refractivity contribution < 1.29 is 0 Å². The number of para-hydroxylation sites is 1. The molecule has 2 heteroatoms. The lowest BCUT2D eigenvalue weighted by molar-refractivity contribution is 1.36. The summed E-state index contributed by atoms with van der Waals surface area (Å²) in [5, 5.41) is 2.61. The van der Waals surface area contributed by atoms with E-state index in [9.17, 15) is 0 Å². The fourth-order valence-electron chi connectivity index (χ4n) is 3.64. The van der Waals surface area contributed by atoms with E-state index in [-0.39, 0.29) is 0 Å². The molecule has 1 nitrogen and oxygen atoms in total. The molecule has 0 saturated heterocycles. The van der Waals surface area contributed by atoms with E-state index in [4.69, 9.17) is 0 Å². The highest BCUT2D eigenvalue weighted by Gasteiger charge is 2.32. The van der Waals surface area contributed by atoms with Crippen molar-refractivity contribution in [3.05, 3.63) is 85.0 Å². The van der Waals surface area contributed by atoms with Crippen LogP contribution >= 0.6 is 0 Å². The van der Waals surface area contributed by atoms with Crippen molar-refractivity contribution in [1.82, 2.24) is 0 Å². The average Bonchev–Trinajstić information content (AvgIpc) is 2.61. The van der Waals surface area contributed by atoms with E-state index in [0.29, 0.717) is 6.85 Å². The van der Waals surface area contributed by atoms with Crippen LogP contribution < -0.4 is 10.3 Å². The van der Waals surface area contributed by atoms with Gasteiger partial charge < -0.3 is 4.81 Å². The molecule has 102 valence electrons. The topological polar surface area (TPSA) is 3.24 Å². The van der Waals surface area contributed by atoms with E-state index in [1.807, 2.05) is 0 Å². The summed E-state index contributed by atoms with van der Waals surface area (Å²) < 4.78 is 0. The fraction of sp³-hybridized carbons (Fsp3) is 0. The van der Waals surface area contributed by atoms with E-state index in [2.05, 4.69) is 89.8 Å². The predicted molar refractivity (Wildman–Crippen MR) is 95.5 cm³/mol. The maximum Gasteiger partial charge on any atom is 0.320 e. The lowest BCUT2D eigenvalue weighted by Gasteiger charge is -2.36. The third kappa shape index (κ3) is 1.55. The summed E-state index contributed by atoms with van der Waals surface area (Å²) in [5.74, 6) is 2.28. The second-order valence-electron chi connectivity index (χ2n) is 5.88. The van der Waals surface area contributed by atoms with Gasteiger partial charge in [-0.2, -0.15) is 0 Å². The highest BCUT2D eigenvalue weighted by atomic mass is 15.1. The molecule has 0 spiro atoms. The van der Waals surface area contributed by atoms with Crippen LogP contribution in [0, 0.1) is 0 Å². The Bertz CT molecular complexity index is 955. The van der Waals surface area contributed by atoms with Gasteiger partial charge in [0.1, 0.15) is 0 Å². The van der Waals surface area contributed by atoms with Crippen LogP contribution in [0.15, 0.2) is 85.0 Å². The Balaban J connectivity index is 1.89. The van der Waals surface area contributed by atoms with Crippen LogP contribution in [0.25, 0.3) is 21.9 Å². The zero-order valence-electron chi connectivity index (χ0n) is 12.1. The molecule has 2 aliphatic heterocycles. The first-order valence-electron chi connectivity index (χ1n) is 7.67. The van der Waals surface area contributed by atoms with Crippen LogP contribution in [0.4, 0.5) is 5.69 Å². The number of allylic oxidation sites excluding steroid dienone is 2. The maximum atomic E-state index is 2.37. The Morgan fingerprint density at radius 1 is 0.727 bits per heavy atom. The quantitative estimate of drug-likeness (QED) is 0.559. The molecule has 3 aromatic carbocycles. The van der Waals surface area contributed by atoms with Gasteiger partial charge in [-0.25, -0.2) is 0 Å². The minimum absolute atomic E-state index is 0.291. The van der Waals surface area contributed by atoms with Crippen molar-refractivity contribution in [3.63, 3.8) is 0 Å². The second kappa shape index (κ2) is 4.38. The van der Waals surface area contributed by atoms with Gasteiger partial charge in [-0.05, 0) is 46.2 Å². The minimum Gasteiger partial charge on any atom is -0.383 e. The first-order chi connectivity index (χ1) is 10.9. The molecule has 0 aromatic heterocycles. The average molecular weight is 279 g/mol. The molecule has 5 rings (SSSR count). The number of rotatable bonds is 0. The molecule has 0 saturated carbocycles. The van der Waals surface area contributed by atoms with E-state index in [1.165, 1.54) is 33.0 Å². The van der Waals surface area contributed by atoms with Crippen molar-refractivity contribution in [2.24, 2.45) is 0 Å². The molecule has 0 unspecified atom stereocenters. The maximum absolute atomic E-state index is 2.37. The Kier molecular flexibility index (Phi) is 2.36. The second-order valence-corrected chi connectivity index (χ2v) is 5.88. The molecule has 2 heterocycles. The summed E-state index contributed by atoms with van der Waals surface area (Å²) in [6, 6.07) is 22.0. The molecule has 0 N–H and O–H groups in total. The van der Waals surface area contributed by atoms with Crippen molar-refractivity contribution in [3.8, 4) is 11.1 Å². The van der Waals surface area contributed by atoms with Gasteiger partial charge in [-0.1, -0.05) is 60.6 Å². The number of hydrogen-bond donors (Lipinski definition) is 0. The van der Waals surface area contributed by atoms with Gasteiger partial charge in [0, 0.05) is 11.3 Å². The number of benzene rings is 3. The molecule has 0 fully saturated rings. The standard InChI is InChI=1S/C20H14BN/c1-2-8-16-14-19-18(13-15(16)7-1)17-9-3-4-10-20(17)22-12-6-5-11-21(19)22/h1-14H. The smallest absolute Gasteiger partial charge is 0.320 e. The summed E-state index contributed by atoms with van der Waals surface area (Å²) in [6.45, 7) is 0.291. The van der Waals surface area contributed by atoms with E-state index in [1.54, 1.807) is 0 Å². The molecular weight excluding hydrogens is 265 g/mol. The van der Waals surface area contributed by atoms with E-state index >= 15 is 0 Å². The van der Waals surface area contributed by atoms with Crippen molar-refractivity contribution in [2.75, 3.05) is 4.81 Å². The largest absolute Gasteiger partial charge is 0.383 e. The number of nitrogens with zero attached hydrogens (tertiary/aromatic N) is 1. The SMILES string of the molecule is C1=CB2c3cc4ccccc4cc3-c3ccccc3N2C=C1. The van der Waals surface area contributed by atoms with Gasteiger partial charge >= 0.3 is 6.85 Å². The molecule has 0 radical (unpaired) electrons. The molecule has 22 heavy (non-hydrogen) atoms. The molecule has 0 bridgehead atoms. The Morgan fingerprint density at radius 2 is 1.50 bits per heavy atom. The summed E-state index contributed by atoms with van der Waals surface area (Å²) in [4.78, 5) is 2.37.